The van der Waals surface area contributed by atoms with Gasteiger partial charge in [-0.05, 0) is 30.7 Å². The molecule has 0 radical (unpaired) electrons. The van der Waals surface area contributed by atoms with Gasteiger partial charge in [0.2, 0.25) is 0 Å². The molecule has 0 saturated carbocycles. The smallest absolute Gasteiger partial charge is 0.303 e. The number of likely N-dealkylation sites (N-methyl/N-ethyl adjacent to an activating group) is 1. The molecule has 200 valence electrons. The molecule has 2 aromatic rings. The van der Waals surface area contributed by atoms with Crippen LogP contribution in [-0.4, -0.2) is 54.2 Å². The molecule has 1 saturated heterocycles. The predicted octanol–water partition coefficient (Wildman–Crippen LogP) is 3.66. The largest absolute Gasteiger partial charge is 0.453 e. The van der Waals surface area contributed by atoms with Gasteiger partial charge >= 0.3 is 5.97 Å². The summed E-state index contributed by atoms with van der Waals surface area (Å²) >= 11 is 0. The third-order valence-electron chi connectivity index (χ3n) is 6.49. The number of aliphatic hydroxyl groups excluding tert-OH is 1. The zero-order chi connectivity index (χ0) is 26.9. The third kappa shape index (κ3) is 7.97. The van der Waals surface area contributed by atoms with Crippen LogP contribution in [0.4, 0.5) is 0 Å². The van der Waals surface area contributed by atoms with Gasteiger partial charge in [-0.15, -0.1) is 6.58 Å². The van der Waals surface area contributed by atoms with Crippen LogP contribution in [0.2, 0.25) is 0 Å². The summed E-state index contributed by atoms with van der Waals surface area (Å²) < 4.78 is 17.8. The van der Waals surface area contributed by atoms with Crippen molar-refractivity contribution in [2.45, 2.75) is 58.5 Å². The fraction of sp³-hybridized carbons (Fsp3) is 0.448. The fourth-order valence-electron chi connectivity index (χ4n) is 4.36. The highest BCUT2D eigenvalue weighted by molar-refractivity contribution is 5.82. The minimum Gasteiger partial charge on any atom is -0.453 e. The van der Waals surface area contributed by atoms with Crippen molar-refractivity contribution in [3.63, 3.8) is 0 Å². The number of aliphatic hydroxyl groups is 1. The van der Waals surface area contributed by atoms with Gasteiger partial charge in [0, 0.05) is 38.0 Å². The maximum Gasteiger partial charge on any atom is 0.303 e. The van der Waals surface area contributed by atoms with Gasteiger partial charge in [0.25, 0.3) is 5.91 Å². The number of benzene rings is 2. The molecule has 2 aromatic carbocycles. The SMILES string of the molecule is C=CCN(C)C[C@H]1OC(c2ccc(CNC(=O)[C@H](C)OC(C)=O)cc2)O[C@@H](c2ccc(CO)cc2)[C@H]1C. The van der Waals surface area contributed by atoms with E-state index in [0.29, 0.717) is 6.54 Å². The second-order valence-corrected chi connectivity index (χ2v) is 9.54. The molecule has 8 heteroatoms. The number of esters is 1. The molecular formula is C29H38N2O6. The molecule has 1 amide bonds. The number of ether oxygens (including phenoxy) is 3. The molecule has 5 atom stereocenters. The molecule has 0 spiro atoms. The Balaban J connectivity index is 1.74. The van der Waals surface area contributed by atoms with Gasteiger partial charge in [0.05, 0.1) is 18.8 Å². The lowest BCUT2D eigenvalue weighted by atomic mass is 9.90. The first kappa shape index (κ1) is 28.5. The van der Waals surface area contributed by atoms with E-state index in [0.717, 1.165) is 35.3 Å². The highest BCUT2D eigenvalue weighted by Crippen LogP contribution is 2.41. The maximum absolute atomic E-state index is 12.1. The van der Waals surface area contributed by atoms with E-state index in [-0.39, 0.29) is 30.6 Å². The van der Waals surface area contributed by atoms with Crippen LogP contribution in [0, 0.1) is 5.92 Å². The minimum atomic E-state index is -0.845. The molecule has 0 aromatic heterocycles. The van der Waals surface area contributed by atoms with E-state index >= 15 is 0 Å². The van der Waals surface area contributed by atoms with E-state index in [1.807, 2.05) is 61.7 Å². The highest BCUT2D eigenvalue weighted by Gasteiger charge is 2.38. The monoisotopic (exact) mass is 510 g/mol. The average Bonchev–Trinajstić information content (AvgIpc) is 2.88. The van der Waals surface area contributed by atoms with Crippen molar-refractivity contribution in [2.75, 3.05) is 20.1 Å². The van der Waals surface area contributed by atoms with Crippen molar-refractivity contribution in [2.24, 2.45) is 5.92 Å². The number of hydrogen-bond donors (Lipinski definition) is 2. The molecule has 37 heavy (non-hydrogen) atoms. The summed E-state index contributed by atoms with van der Waals surface area (Å²) in [6.07, 6.45) is 0.205. The number of amides is 1. The summed E-state index contributed by atoms with van der Waals surface area (Å²) in [7, 11) is 2.04. The van der Waals surface area contributed by atoms with E-state index in [1.165, 1.54) is 13.8 Å². The summed E-state index contributed by atoms with van der Waals surface area (Å²) in [5.74, 6) is -0.753. The Kier molecular flexibility index (Phi) is 10.4. The maximum atomic E-state index is 12.1. The van der Waals surface area contributed by atoms with Gasteiger partial charge in [-0.2, -0.15) is 0 Å². The lowest BCUT2D eigenvalue weighted by molar-refractivity contribution is -0.275. The molecule has 1 aliphatic heterocycles. The van der Waals surface area contributed by atoms with Crippen molar-refractivity contribution in [1.82, 2.24) is 10.2 Å². The molecule has 1 aliphatic rings. The summed E-state index contributed by atoms with van der Waals surface area (Å²) in [4.78, 5) is 25.4. The van der Waals surface area contributed by atoms with Crippen LogP contribution in [0.3, 0.4) is 0 Å². The van der Waals surface area contributed by atoms with Gasteiger partial charge in [-0.3, -0.25) is 9.59 Å². The molecule has 0 bridgehead atoms. The standard InChI is InChI=1S/C29H38N2O6/c1-6-15-31(5)17-26-19(2)27(24-11-9-23(18-32)10-12-24)37-29(36-26)25-13-7-22(8-14-25)16-30-28(34)20(3)35-21(4)33/h6-14,19-20,26-27,29,32H,1,15-18H2,2-5H3,(H,30,34)/t19-,20-,26+,27+,29?/m0/s1. The van der Waals surface area contributed by atoms with Gasteiger partial charge in [-0.1, -0.05) is 61.5 Å². The Hall–Kier alpha value is -3.04. The fourth-order valence-corrected chi connectivity index (χ4v) is 4.36. The molecule has 8 nitrogen and oxygen atoms in total. The van der Waals surface area contributed by atoms with Crippen LogP contribution in [0.1, 0.15) is 55.4 Å². The Labute approximate surface area is 219 Å². The van der Waals surface area contributed by atoms with Gasteiger partial charge in [0.1, 0.15) is 0 Å². The zero-order valence-electron chi connectivity index (χ0n) is 22.1. The summed E-state index contributed by atoms with van der Waals surface area (Å²) in [5.41, 5.74) is 3.67. The molecule has 1 fully saturated rings. The third-order valence-corrected chi connectivity index (χ3v) is 6.49. The zero-order valence-corrected chi connectivity index (χ0v) is 22.1. The lowest BCUT2D eigenvalue weighted by Gasteiger charge is -2.42. The summed E-state index contributed by atoms with van der Waals surface area (Å²) in [6, 6.07) is 15.5. The summed E-state index contributed by atoms with van der Waals surface area (Å²) in [5, 5.41) is 12.2. The first-order chi connectivity index (χ1) is 17.7. The Bertz CT molecular complexity index is 1040. The molecule has 2 N–H and O–H groups in total. The van der Waals surface area contributed by atoms with Gasteiger partial charge < -0.3 is 29.5 Å². The normalized spacial score (nSPS) is 22.3. The highest BCUT2D eigenvalue weighted by atomic mass is 16.7. The van der Waals surface area contributed by atoms with Crippen LogP contribution < -0.4 is 5.32 Å². The van der Waals surface area contributed by atoms with Crippen LogP contribution in [-0.2, 0) is 37.0 Å². The van der Waals surface area contributed by atoms with Crippen molar-refractivity contribution in [1.29, 1.82) is 0 Å². The van der Waals surface area contributed by atoms with E-state index in [4.69, 9.17) is 14.2 Å². The van der Waals surface area contributed by atoms with Crippen molar-refractivity contribution in [3.05, 3.63) is 83.4 Å². The molecular weight excluding hydrogens is 472 g/mol. The minimum absolute atomic E-state index is 0.00245. The second-order valence-electron chi connectivity index (χ2n) is 9.54. The first-order valence-electron chi connectivity index (χ1n) is 12.6. The number of hydrogen-bond acceptors (Lipinski definition) is 7. The van der Waals surface area contributed by atoms with Crippen molar-refractivity contribution in [3.8, 4) is 0 Å². The van der Waals surface area contributed by atoms with Gasteiger partial charge in [-0.25, -0.2) is 0 Å². The van der Waals surface area contributed by atoms with Crippen LogP contribution >= 0.6 is 0 Å². The topological polar surface area (TPSA) is 97.3 Å². The lowest BCUT2D eigenvalue weighted by Crippen LogP contribution is -2.43. The van der Waals surface area contributed by atoms with E-state index < -0.39 is 18.4 Å². The quantitative estimate of drug-likeness (QED) is 0.352. The average molecular weight is 511 g/mol. The first-order valence-corrected chi connectivity index (χ1v) is 12.6. The van der Waals surface area contributed by atoms with E-state index in [1.54, 1.807) is 0 Å². The Morgan fingerprint density at radius 2 is 1.73 bits per heavy atom. The molecule has 1 heterocycles. The predicted molar refractivity (Wildman–Crippen MR) is 140 cm³/mol. The number of carbonyl (C=O) groups excluding carboxylic acids is 2. The Morgan fingerprint density at radius 3 is 2.32 bits per heavy atom. The second kappa shape index (κ2) is 13.5. The number of rotatable bonds is 11. The van der Waals surface area contributed by atoms with E-state index in [2.05, 4.69) is 23.7 Å². The van der Waals surface area contributed by atoms with E-state index in [9.17, 15) is 14.7 Å². The molecule has 3 rings (SSSR count). The van der Waals surface area contributed by atoms with Crippen LogP contribution in [0.5, 0.6) is 0 Å². The number of nitrogens with zero attached hydrogens (tertiary/aromatic N) is 1. The van der Waals surface area contributed by atoms with Crippen molar-refractivity contribution >= 4 is 11.9 Å². The molecule has 0 aliphatic carbocycles. The molecule has 1 unspecified atom stereocenters. The Morgan fingerprint density at radius 1 is 1.11 bits per heavy atom. The van der Waals surface area contributed by atoms with Crippen LogP contribution in [0.15, 0.2) is 61.2 Å². The van der Waals surface area contributed by atoms with Crippen LogP contribution in [0.25, 0.3) is 0 Å². The summed E-state index contributed by atoms with van der Waals surface area (Å²) in [6.45, 7) is 10.6. The van der Waals surface area contributed by atoms with Gasteiger partial charge in [0.15, 0.2) is 12.4 Å². The number of nitrogens with one attached hydrogen (secondary N) is 1. The van der Waals surface area contributed by atoms with Crippen molar-refractivity contribution < 1.29 is 28.9 Å². The number of carbonyl (C=O) groups is 2.